The van der Waals surface area contributed by atoms with Crippen molar-refractivity contribution in [3.63, 3.8) is 0 Å². The Morgan fingerprint density at radius 2 is 1.87 bits per heavy atom. The molecule has 2 N–H and O–H groups in total. The van der Waals surface area contributed by atoms with Crippen LogP contribution in [0.25, 0.3) is 11.3 Å². The Hall–Kier alpha value is -4.37. The average molecular weight is 560 g/mol. The van der Waals surface area contributed by atoms with E-state index in [1.807, 2.05) is 0 Å². The largest absolute Gasteiger partial charge is 0.497 e. The molecular formula is C24H26FN7O6S. The first-order valence-electron chi connectivity index (χ1n) is 11.7. The molecule has 0 radical (unpaired) electrons. The second-order valence-electron chi connectivity index (χ2n) is 8.88. The minimum atomic E-state index is -4.07. The van der Waals surface area contributed by atoms with E-state index in [2.05, 4.69) is 25.5 Å². The fraction of sp³-hybridized carbons (Fsp3) is 0.292. The highest BCUT2D eigenvalue weighted by Gasteiger charge is 2.28. The van der Waals surface area contributed by atoms with E-state index in [1.165, 1.54) is 10.9 Å². The third-order valence-electron chi connectivity index (χ3n) is 5.76. The minimum absolute atomic E-state index is 0.0125. The lowest BCUT2D eigenvalue weighted by atomic mass is 10.1. The van der Waals surface area contributed by atoms with Crippen LogP contribution in [-0.2, 0) is 27.9 Å². The minimum Gasteiger partial charge on any atom is -0.497 e. The van der Waals surface area contributed by atoms with Gasteiger partial charge >= 0.3 is 0 Å². The van der Waals surface area contributed by atoms with Crippen molar-refractivity contribution >= 4 is 15.9 Å². The number of amides is 1. The van der Waals surface area contributed by atoms with Crippen molar-refractivity contribution in [2.75, 3.05) is 7.11 Å². The number of halogens is 1. The topological polar surface area (TPSA) is 168 Å². The number of methoxy groups -OCH3 is 1. The molecule has 0 aliphatic carbocycles. The monoisotopic (exact) mass is 559 g/mol. The van der Waals surface area contributed by atoms with Crippen molar-refractivity contribution in [1.29, 1.82) is 0 Å². The first-order chi connectivity index (χ1) is 18.6. The molecule has 4 aromatic rings. The van der Waals surface area contributed by atoms with E-state index < -0.39 is 33.7 Å². The summed E-state index contributed by atoms with van der Waals surface area (Å²) in [6.07, 6.45) is 1.53. The number of rotatable bonds is 11. The fourth-order valence-corrected chi connectivity index (χ4v) is 4.99. The number of hydrogen-bond acceptors (Lipinski definition) is 9. The molecule has 0 spiro atoms. The lowest BCUT2D eigenvalue weighted by molar-refractivity contribution is -0.808. The van der Waals surface area contributed by atoms with Crippen LogP contribution in [0.15, 0.2) is 64.3 Å². The quantitative estimate of drug-likeness (QED) is 0.258. The summed E-state index contributed by atoms with van der Waals surface area (Å²) in [7, 11) is -2.53. The molecule has 2 aromatic heterocycles. The molecule has 39 heavy (non-hydrogen) atoms. The summed E-state index contributed by atoms with van der Waals surface area (Å²) in [6, 6.07) is 10.1. The van der Waals surface area contributed by atoms with Gasteiger partial charge in [-0.05, 0) is 59.4 Å². The van der Waals surface area contributed by atoms with E-state index in [4.69, 9.17) is 9.37 Å². The molecule has 0 bridgehead atoms. The number of sulfonamides is 1. The van der Waals surface area contributed by atoms with Gasteiger partial charge in [0.2, 0.25) is 21.6 Å². The molecule has 15 heteroatoms. The van der Waals surface area contributed by atoms with E-state index in [0.29, 0.717) is 22.7 Å². The number of aromatic nitrogens is 5. The molecule has 1 amide bonds. The smallest absolute Gasteiger partial charge is 0.253 e. The first-order valence-corrected chi connectivity index (χ1v) is 13.2. The molecule has 0 saturated heterocycles. The summed E-state index contributed by atoms with van der Waals surface area (Å²) in [5.74, 6) is -0.909. The molecule has 2 aromatic carbocycles. The summed E-state index contributed by atoms with van der Waals surface area (Å²) in [5.41, 5.74) is 1.52. The van der Waals surface area contributed by atoms with E-state index in [-0.39, 0.29) is 28.6 Å². The SMILES string of the molecule is COc1ccc(-c2no[n+]([O-])c2Cn2cc(CNC(=O)[C@@H](NS(=O)(=O)c3ccc(F)cc3)C(C)C)nn2)cc1. The van der Waals surface area contributed by atoms with Gasteiger partial charge < -0.3 is 15.3 Å². The van der Waals surface area contributed by atoms with Crippen LogP contribution in [-0.4, -0.2) is 47.6 Å². The van der Waals surface area contributed by atoms with Gasteiger partial charge in [0.05, 0.1) is 24.7 Å². The van der Waals surface area contributed by atoms with Gasteiger partial charge in [0.1, 0.15) is 29.8 Å². The van der Waals surface area contributed by atoms with Gasteiger partial charge in [-0.1, -0.05) is 19.1 Å². The zero-order valence-corrected chi connectivity index (χ0v) is 22.1. The molecule has 2 heterocycles. The Balaban J connectivity index is 1.41. The lowest BCUT2D eigenvalue weighted by Gasteiger charge is -2.21. The Morgan fingerprint density at radius 3 is 2.51 bits per heavy atom. The summed E-state index contributed by atoms with van der Waals surface area (Å²) >= 11 is 0. The summed E-state index contributed by atoms with van der Waals surface area (Å²) in [4.78, 5) is 13.0. The Labute approximate surface area is 223 Å². The van der Waals surface area contributed by atoms with Crippen LogP contribution in [0, 0.1) is 16.9 Å². The lowest BCUT2D eigenvalue weighted by Crippen LogP contribution is -2.49. The normalized spacial score (nSPS) is 12.4. The number of ether oxygens (including phenoxy) is 1. The zero-order chi connectivity index (χ0) is 28.2. The van der Waals surface area contributed by atoms with Gasteiger partial charge in [-0.25, -0.2) is 17.5 Å². The van der Waals surface area contributed by atoms with Crippen LogP contribution in [0.5, 0.6) is 5.75 Å². The Bertz CT molecular complexity index is 1540. The summed E-state index contributed by atoms with van der Waals surface area (Å²) in [5, 5.41) is 26.7. The highest BCUT2D eigenvalue weighted by atomic mass is 32.2. The van der Waals surface area contributed by atoms with Crippen LogP contribution in [0.3, 0.4) is 0 Å². The summed E-state index contributed by atoms with van der Waals surface area (Å²) < 4.78 is 52.2. The maximum Gasteiger partial charge on any atom is 0.253 e. The number of benzene rings is 2. The van der Waals surface area contributed by atoms with Gasteiger partial charge in [-0.2, -0.15) is 4.72 Å². The average Bonchev–Trinajstić information content (AvgIpc) is 3.52. The van der Waals surface area contributed by atoms with Gasteiger partial charge in [0.15, 0.2) is 0 Å². The number of nitrogens with zero attached hydrogens (tertiary/aromatic N) is 5. The van der Waals surface area contributed by atoms with Crippen molar-refractivity contribution in [3.05, 3.63) is 77.1 Å². The number of carbonyl (C=O) groups excluding carboxylic acids is 1. The molecule has 4 rings (SSSR count). The highest BCUT2D eigenvalue weighted by molar-refractivity contribution is 7.89. The van der Waals surface area contributed by atoms with Crippen LogP contribution >= 0.6 is 0 Å². The third kappa shape index (κ3) is 6.56. The van der Waals surface area contributed by atoms with Crippen molar-refractivity contribution < 1.29 is 31.9 Å². The summed E-state index contributed by atoms with van der Waals surface area (Å²) in [6.45, 7) is 3.31. The van der Waals surface area contributed by atoms with Crippen LogP contribution in [0.4, 0.5) is 4.39 Å². The van der Waals surface area contributed by atoms with E-state index in [0.717, 1.165) is 24.3 Å². The number of hydrogen-bond donors (Lipinski definition) is 2. The molecule has 0 aliphatic heterocycles. The van der Waals surface area contributed by atoms with E-state index in [1.54, 1.807) is 45.2 Å². The van der Waals surface area contributed by atoms with E-state index >= 15 is 0 Å². The maximum atomic E-state index is 13.2. The van der Waals surface area contributed by atoms with E-state index in [9.17, 15) is 22.8 Å². The van der Waals surface area contributed by atoms with Crippen LogP contribution in [0.1, 0.15) is 25.2 Å². The van der Waals surface area contributed by atoms with Crippen LogP contribution in [0.2, 0.25) is 0 Å². The van der Waals surface area contributed by atoms with Gasteiger partial charge in [-0.15, -0.1) is 5.10 Å². The second-order valence-corrected chi connectivity index (χ2v) is 10.6. The molecule has 0 fully saturated rings. The predicted octanol–water partition coefficient (Wildman–Crippen LogP) is 1.38. The Kier molecular flexibility index (Phi) is 8.21. The zero-order valence-electron chi connectivity index (χ0n) is 21.2. The molecule has 0 aliphatic rings. The molecule has 13 nitrogen and oxygen atoms in total. The van der Waals surface area contributed by atoms with Gasteiger partial charge in [0.25, 0.3) is 5.69 Å². The number of nitrogens with one attached hydrogen (secondary N) is 2. The van der Waals surface area contributed by atoms with Crippen molar-refractivity contribution in [1.82, 2.24) is 30.2 Å². The molecule has 0 unspecified atom stereocenters. The Morgan fingerprint density at radius 1 is 1.18 bits per heavy atom. The number of carbonyl (C=O) groups is 1. The van der Waals surface area contributed by atoms with Gasteiger partial charge in [0, 0.05) is 10.7 Å². The standard InChI is InChI=1S/C24H26FN7O6S/c1-15(2)22(29-39(35,36)20-10-6-17(25)7-11-20)24(33)26-12-18-13-31(30-27-18)14-21-23(28-38-32(21)34)16-4-8-19(37-3)9-5-16/h4-11,13,15,22,29H,12,14H2,1-3H3,(H,26,33)/t22-/m0/s1. The van der Waals surface area contributed by atoms with Crippen molar-refractivity contribution in [2.45, 2.75) is 37.9 Å². The highest BCUT2D eigenvalue weighted by Crippen LogP contribution is 2.23. The van der Waals surface area contributed by atoms with Crippen molar-refractivity contribution in [2.24, 2.45) is 5.92 Å². The van der Waals surface area contributed by atoms with Crippen molar-refractivity contribution in [3.8, 4) is 17.0 Å². The third-order valence-corrected chi connectivity index (χ3v) is 7.22. The molecule has 206 valence electrons. The molecular weight excluding hydrogens is 533 g/mol. The molecule has 1 atom stereocenters. The predicted molar refractivity (Wildman–Crippen MR) is 134 cm³/mol. The van der Waals surface area contributed by atoms with Gasteiger partial charge in [-0.3, -0.25) is 9.42 Å². The first kappa shape index (κ1) is 27.7. The molecule has 0 saturated carbocycles. The fourth-order valence-electron chi connectivity index (χ4n) is 3.65. The maximum absolute atomic E-state index is 13.2. The second kappa shape index (κ2) is 11.6. The van der Waals surface area contributed by atoms with Crippen LogP contribution < -0.4 is 19.7 Å².